The third-order valence-corrected chi connectivity index (χ3v) is 3.39. The Morgan fingerprint density at radius 2 is 2.17 bits per heavy atom. The fourth-order valence-corrected chi connectivity index (χ4v) is 2.19. The van der Waals surface area contributed by atoms with Gasteiger partial charge in [-0.1, -0.05) is 12.0 Å². The number of rotatable bonds is 4. The number of hydrogen-bond acceptors (Lipinski definition) is 3. The number of amides is 1. The van der Waals surface area contributed by atoms with Gasteiger partial charge < -0.3 is 15.0 Å². The number of carbonyl (C=O) groups excluding carboxylic acids is 1. The van der Waals surface area contributed by atoms with E-state index in [-0.39, 0.29) is 5.69 Å². The second-order valence-electron chi connectivity index (χ2n) is 5.17. The van der Waals surface area contributed by atoms with Crippen LogP contribution in [0.2, 0.25) is 0 Å². The fraction of sp³-hybridized carbons (Fsp3) is 0.250. The Morgan fingerprint density at radius 1 is 1.46 bits per heavy atom. The van der Waals surface area contributed by atoms with Crippen LogP contribution in [0.5, 0.6) is 0 Å². The Bertz CT molecular complexity index is 792. The van der Waals surface area contributed by atoms with Crippen molar-refractivity contribution in [1.82, 2.24) is 9.55 Å². The summed E-state index contributed by atoms with van der Waals surface area (Å²) >= 11 is 0. The highest BCUT2D eigenvalue weighted by molar-refractivity contribution is 5.91. The molecule has 1 aromatic carbocycles. The van der Waals surface area contributed by atoms with Gasteiger partial charge in [0.1, 0.15) is 0 Å². The third kappa shape index (κ3) is 3.41. The minimum Gasteiger partial charge on any atom is -0.374 e. The number of nitrogens with zero attached hydrogens (tertiary/aromatic N) is 2. The predicted octanol–water partition coefficient (Wildman–Crippen LogP) is 2.18. The molecule has 1 heterocycles. The Balaban J connectivity index is 2.26. The number of nitrogens with one attached hydrogen (secondary N) is 1. The quantitative estimate of drug-likeness (QED) is 0.841. The van der Waals surface area contributed by atoms with E-state index in [1.54, 1.807) is 12.1 Å². The Morgan fingerprint density at radius 3 is 2.71 bits per heavy atom. The Labute approximate surface area is 136 Å². The molecule has 24 heavy (non-hydrogen) atoms. The molecule has 1 aromatic heterocycles. The summed E-state index contributed by atoms with van der Waals surface area (Å²) in [6.07, 6.45) is 1.27. The van der Waals surface area contributed by atoms with Gasteiger partial charge in [-0.3, -0.25) is 4.79 Å². The molecule has 0 spiro atoms. The number of aliphatic hydroxyl groups is 1. The number of aromatic nitrogens is 2. The Hall–Kier alpha value is -2.79. The second-order valence-corrected chi connectivity index (χ2v) is 5.17. The lowest BCUT2D eigenvalue weighted by Crippen LogP contribution is -2.46. The van der Waals surface area contributed by atoms with Crippen LogP contribution < -0.4 is 5.32 Å². The molecule has 2 aromatic rings. The van der Waals surface area contributed by atoms with E-state index in [0.29, 0.717) is 5.56 Å². The first-order chi connectivity index (χ1) is 11.2. The van der Waals surface area contributed by atoms with Crippen LogP contribution in [0.15, 0.2) is 36.7 Å². The first-order valence-electron chi connectivity index (χ1n) is 6.81. The number of hydrogen-bond donors (Lipinski definition) is 2. The van der Waals surface area contributed by atoms with E-state index in [9.17, 15) is 23.1 Å². The van der Waals surface area contributed by atoms with Gasteiger partial charge in [0.25, 0.3) is 0 Å². The zero-order chi connectivity index (χ0) is 18.0. The molecule has 0 saturated heterocycles. The van der Waals surface area contributed by atoms with Crippen molar-refractivity contribution in [2.24, 2.45) is 7.05 Å². The van der Waals surface area contributed by atoms with Gasteiger partial charge >= 0.3 is 6.18 Å². The Kier molecular flexibility index (Phi) is 4.66. The van der Waals surface area contributed by atoms with E-state index >= 15 is 0 Å². The molecule has 126 valence electrons. The van der Waals surface area contributed by atoms with Gasteiger partial charge in [-0.2, -0.15) is 13.2 Å². The van der Waals surface area contributed by atoms with Gasteiger partial charge in [0.15, 0.2) is 5.82 Å². The summed E-state index contributed by atoms with van der Waals surface area (Å²) in [7, 11) is 1.30. The van der Waals surface area contributed by atoms with Crippen molar-refractivity contribution in [3.8, 4) is 12.3 Å². The molecular formula is C16H14F3N3O2. The summed E-state index contributed by atoms with van der Waals surface area (Å²) in [5, 5.41) is 12.4. The molecule has 0 fully saturated rings. The predicted molar refractivity (Wildman–Crippen MR) is 80.8 cm³/mol. The molecule has 0 saturated carbocycles. The van der Waals surface area contributed by atoms with Crippen molar-refractivity contribution in [1.29, 1.82) is 0 Å². The summed E-state index contributed by atoms with van der Waals surface area (Å²) in [5.41, 5.74) is -2.71. The van der Waals surface area contributed by atoms with Crippen molar-refractivity contribution in [2.45, 2.75) is 18.2 Å². The topological polar surface area (TPSA) is 67.2 Å². The summed E-state index contributed by atoms with van der Waals surface area (Å²) in [6, 6.07) is 6.08. The average Bonchev–Trinajstić information content (AvgIpc) is 2.92. The van der Waals surface area contributed by atoms with Gasteiger partial charge in [-0.05, 0) is 18.2 Å². The summed E-state index contributed by atoms with van der Waals surface area (Å²) in [5.74, 6) is 0.663. The van der Waals surface area contributed by atoms with Gasteiger partial charge in [-0.15, -0.1) is 6.42 Å². The van der Waals surface area contributed by atoms with Crippen LogP contribution in [0, 0.1) is 12.3 Å². The van der Waals surface area contributed by atoms with E-state index in [1.807, 2.05) is 0 Å². The lowest BCUT2D eigenvalue weighted by molar-refractivity contribution is -0.270. The lowest BCUT2D eigenvalue weighted by Gasteiger charge is -2.29. The molecule has 0 radical (unpaired) electrons. The fourth-order valence-electron chi connectivity index (χ4n) is 2.19. The number of terminal acetylenes is 1. The van der Waals surface area contributed by atoms with E-state index in [1.165, 1.54) is 25.4 Å². The first-order valence-corrected chi connectivity index (χ1v) is 6.81. The third-order valence-electron chi connectivity index (χ3n) is 3.39. The number of carbonyl (C=O) groups is 1. The van der Waals surface area contributed by atoms with Crippen molar-refractivity contribution in [3.05, 3.63) is 48.0 Å². The number of halogens is 3. The highest BCUT2D eigenvalue weighted by atomic mass is 19.4. The van der Waals surface area contributed by atoms with Crippen molar-refractivity contribution >= 4 is 11.6 Å². The molecular weight excluding hydrogens is 323 g/mol. The lowest BCUT2D eigenvalue weighted by atomic mass is 9.97. The molecule has 0 aliphatic carbocycles. The molecule has 1 amide bonds. The zero-order valence-corrected chi connectivity index (χ0v) is 12.6. The van der Waals surface area contributed by atoms with Crippen LogP contribution in [0.3, 0.4) is 0 Å². The standard InChI is InChI=1S/C16H14F3N3O2/c1-3-11-5-4-6-12(9-11)21-13(23)10-15(24,16(17,18)19)14-20-7-8-22(14)2/h1,4-9,24H,10H2,2H3,(H,21,23)/t15-/m0/s1. The van der Waals surface area contributed by atoms with Crippen molar-refractivity contribution < 1.29 is 23.1 Å². The maximum atomic E-state index is 13.4. The zero-order valence-electron chi connectivity index (χ0n) is 12.6. The summed E-state index contributed by atoms with van der Waals surface area (Å²) < 4.78 is 41.1. The normalized spacial score (nSPS) is 13.8. The van der Waals surface area contributed by atoms with Crippen LogP contribution in [-0.2, 0) is 17.4 Å². The van der Waals surface area contributed by atoms with Gasteiger partial charge in [0, 0.05) is 30.7 Å². The highest BCUT2D eigenvalue weighted by Gasteiger charge is 2.58. The largest absolute Gasteiger partial charge is 0.425 e. The molecule has 0 aliphatic rings. The van der Waals surface area contributed by atoms with Crippen LogP contribution in [-0.4, -0.2) is 26.7 Å². The first kappa shape index (κ1) is 17.6. The van der Waals surface area contributed by atoms with E-state index in [0.717, 1.165) is 10.8 Å². The molecule has 2 N–H and O–H groups in total. The molecule has 1 atom stereocenters. The van der Waals surface area contributed by atoms with Gasteiger partial charge in [-0.25, -0.2) is 4.98 Å². The van der Waals surface area contributed by atoms with E-state index in [4.69, 9.17) is 6.42 Å². The number of anilines is 1. The average molecular weight is 337 g/mol. The molecule has 0 aliphatic heterocycles. The minimum absolute atomic E-state index is 0.236. The SMILES string of the molecule is C#Cc1cccc(NC(=O)C[C@](O)(c2nccn2C)C(F)(F)F)c1. The van der Waals surface area contributed by atoms with Crippen LogP contribution >= 0.6 is 0 Å². The van der Waals surface area contributed by atoms with Crippen molar-refractivity contribution in [3.63, 3.8) is 0 Å². The van der Waals surface area contributed by atoms with Crippen molar-refractivity contribution in [2.75, 3.05) is 5.32 Å². The van der Waals surface area contributed by atoms with Crippen LogP contribution in [0.1, 0.15) is 17.8 Å². The summed E-state index contributed by atoms with van der Waals surface area (Å²) in [4.78, 5) is 15.5. The monoisotopic (exact) mass is 337 g/mol. The summed E-state index contributed by atoms with van der Waals surface area (Å²) in [6.45, 7) is 0. The van der Waals surface area contributed by atoms with Gasteiger partial charge in [0.05, 0.1) is 6.42 Å². The molecule has 5 nitrogen and oxygen atoms in total. The number of aryl methyl sites for hydroxylation is 1. The maximum Gasteiger partial charge on any atom is 0.425 e. The smallest absolute Gasteiger partial charge is 0.374 e. The van der Waals surface area contributed by atoms with E-state index in [2.05, 4.69) is 16.2 Å². The molecule has 0 unspecified atom stereocenters. The number of imidazole rings is 1. The number of benzene rings is 1. The van der Waals surface area contributed by atoms with Gasteiger partial charge in [0.2, 0.25) is 11.5 Å². The van der Waals surface area contributed by atoms with Crippen LogP contribution in [0.25, 0.3) is 0 Å². The highest BCUT2D eigenvalue weighted by Crippen LogP contribution is 2.40. The molecule has 2 rings (SSSR count). The second kappa shape index (κ2) is 6.37. The maximum absolute atomic E-state index is 13.4. The molecule has 8 heteroatoms. The van der Waals surface area contributed by atoms with E-state index < -0.39 is 29.9 Å². The van der Waals surface area contributed by atoms with Crippen LogP contribution in [0.4, 0.5) is 18.9 Å². The minimum atomic E-state index is -5.08. The number of alkyl halides is 3. The molecule has 0 bridgehead atoms.